The van der Waals surface area contributed by atoms with Crippen molar-refractivity contribution in [3.05, 3.63) is 59.7 Å². The van der Waals surface area contributed by atoms with E-state index in [1.54, 1.807) is 11.8 Å². The molecule has 0 aromatic heterocycles. The molecule has 0 aliphatic heterocycles. The van der Waals surface area contributed by atoms with E-state index in [-0.39, 0.29) is 18.0 Å². The van der Waals surface area contributed by atoms with Crippen LogP contribution in [0.1, 0.15) is 19.4 Å². The van der Waals surface area contributed by atoms with Gasteiger partial charge in [-0.25, -0.2) is 8.78 Å². The molecule has 0 heterocycles. The number of carbonyl (C=O) groups is 1. The topological polar surface area (TPSA) is 29.1 Å². The Balaban J connectivity index is 1.97. The summed E-state index contributed by atoms with van der Waals surface area (Å²) >= 11 is 1.75. The predicted octanol–water partition coefficient (Wildman–Crippen LogP) is 4.65. The van der Waals surface area contributed by atoms with Gasteiger partial charge < -0.3 is 5.32 Å². The highest BCUT2D eigenvalue weighted by molar-refractivity contribution is 7.99. The maximum Gasteiger partial charge on any atom is 0.228 e. The number of nitrogens with one attached hydrogen (secondary N) is 1. The van der Waals surface area contributed by atoms with Gasteiger partial charge in [-0.2, -0.15) is 0 Å². The van der Waals surface area contributed by atoms with Crippen LogP contribution in [0.4, 0.5) is 14.5 Å². The van der Waals surface area contributed by atoms with E-state index in [4.69, 9.17) is 0 Å². The minimum Gasteiger partial charge on any atom is -0.323 e. The van der Waals surface area contributed by atoms with Crippen LogP contribution >= 0.6 is 11.8 Å². The second-order valence-electron chi connectivity index (χ2n) is 5.16. The fourth-order valence-electron chi connectivity index (χ4n) is 1.93. The minimum atomic E-state index is -0.781. The van der Waals surface area contributed by atoms with Crippen molar-refractivity contribution in [1.29, 1.82) is 0 Å². The van der Waals surface area contributed by atoms with E-state index in [0.717, 1.165) is 22.6 Å². The average molecular weight is 321 g/mol. The molecule has 0 unspecified atom stereocenters. The Morgan fingerprint density at radius 1 is 1.14 bits per heavy atom. The first kappa shape index (κ1) is 16.5. The first-order valence-electron chi connectivity index (χ1n) is 6.94. The molecular weight excluding hydrogens is 304 g/mol. The molecule has 0 aliphatic rings. The molecule has 0 saturated heterocycles. The van der Waals surface area contributed by atoms with Crippen molar-refractivity contribution in [2.24, 2.45) is 0 Å². The molecule has 5 heteroatoms. The molecule has 0 spiro atoms. The smallest absolute Gasteiger partial charge is 0.228 e. The maximum absolute atomic E-state index is 13.5. The highest BCUT2D eigenvalue weighted by Crippen LogP contribution is 2.23. The zero-order valence-corrected chi connectivity index (χ0v) is 13.2. The van der Waals surface area contributed by atoms with Crippen molar-refractivity contribution in [3.8, 4) is 0 Å². The van der Waals surface area contributed by atoms with Crippen LogP contribution in [0.5, 0.6) is 0 Å². The van der Waals surface area contributed by atoms with Crippen LogP contribution in [0, 0.1) is 11.6 Å². The first-order chi connectivity index (χ1) is 10.4. The highest BCUT2D eigenvalue weighted by Gasteiger charge is 2.09. The van der Waals surface area contributed by atoms with Crippen LogP contribution in [0.25, 0.3) is 0 Å². The van der Waals surface area contributed by atoms with Crippen LogP contribution < -0.4 is 5.32 Å². The lowest BCUT2D eigenvalue weighted by Gasteiger charge is -2.08. The standard InChI is InChI=1S/C17H17F2NOS/c1-11(2)22-14-6-3-12(4-7-14)9-17(21)20-16-8-5-13(18)10-15(16)19/h3-8,10-11H,9H2,1-2H3,(H,20,21). The summed E-state index contributed by atoms with van der Waals surface area (Å²) < 4.78 is 26.3. The number of hydrogen-bond acceptors (Lipinski definition) is 2. The minimum absolute atomic E-state index is 0.0154. The molecule has 0 saturated carbocycles. The molecule has 116 valence electrons. The summed E-state index contributed by atoms with van der Waals surface area (Å²) in [5.41, 5.74) is 0.825. The number of halogens is 2. The van der Waals surface area contributed by atoms with Gasteiger partial charge in [0, 0.05) is 16.2 Å². The Kier molecular flexibility index (Phi) is 5.55. The lowest BCUT2D eigenvalue weighted by Crippen LogP contribution is -2.15. The van der Waals surface area contributed by atoms with Crippen LogP contribution in [0.3, 0.4) is 0 Å². The van der Waals surface area contributed by atoms with E-state index >= 15 is 0 Å². The van der Waals surface area contributed by atoms with Gasteiger partial charge in [-0.05, 0) is 29.8 Å². The van der Waals surface area contributed by atoms with Crippen molar-refractivity contribution < 1.29 is 13.6 Å². The summed E-state index contributed by atoms with van der Waals surface area (Å²) in [6.07, 6.45) is 0.142. The van der Waals surface area contributed by atoms with E-state index in [2.05, 4.69) is 19.2 Å². The van der Waals surface area contributed by atoms with E-state index in [9.17, 15) is 13.6 Å². The largest absolute Gasteiger partial charge is 0.323 e. The van der Waals surface area contributed by atoms with Gasteiger partial charge in [-0.1, -0.05) is 26.0 Å². The molecule has 0 bridgehead atoms. The quantitative estimate of drug-likeness (QED) is 0.812. The van der Waals surface area contributed by atoms with Gasteiger partial charge >= 0.3 is 0 Å². The Morgan fingerprint density at radius 3 is 2.41 bits per heavy atom. The highest BCUT2D eigenvalue weighted by atomic mass is 32.2. The molecule has 2 aromatic carbocycles. The van der Waals surface area contributed by atoms with Gasteiger partial charge in [0.1, 0.15) is 11.6 Å². The Hall–Kier alpha value is -1.88. The molecule has 0 atom stereocenters. The molecule has 1 N–H and O–H groups in total. The SMILES string of the molecule is CC(C)Sc1ccc(CC(=O)Nc2ccc(F)cc2F)cc1. The van der Waals surface area contributed by atoms with Crippen molar-refractivity contribution in [2.45, 2.75) is 30.4 Å². The molecule has 2 aromatic rings. The van der Waals surface area contributed by atoms with E-state index in [0.29, 0.717) is 5.25 Å². The second kappa shape index (κ2) is 7.40. The first-order valence-corrected chi connectivity index (χ1v) is 7.82. The number of amides is 1. The van der Waals surface area contributed by atoms with Crippen molar-refractivity contribution in [2.75, 3.05) is 5.32 Å². The van der Waals surface area contributed by atoms with Crippen LogP contribution in [0.15, 0.2) is 47.4 Å². The summed E-state index contributed by atoms with van der Waals surface area (Å²) in [6.45, 7) is 4.23. The maximum atomic E-state index is 13.5. The van der Waals surface area contributed by atoms with E-state index in [1.807, 2.05) is 24.3 Å². The van der Waals surface area contributed by atoms with Gasteiger partial charge in [0.15, 0.2) is 0 Å². The third-order valence-electron chi connectivity index (χ3n) is 2.87. The Bertz CT molecular complexity index is 656. The number of anilines is 1. The lowest BCUT2D eigenvalue weighted by atomic mass is 10.1. The summed E-state index contributed by atoms with van der Waals surface area (Å²) in [5.74, 6) is -1.79. The van der Waals surface area contributed by atoms with Crippen LogP contribution in [-0.2, 0) is 11.2 Å². The normalized spacial score (nSPS) is 10.8. The van der Waals surface area contributed by atoms with E-state index in [1.165, 1.54) is 6.07 Å². The van der Waals surface area contributed by atoms with Gasteiger partial charge in [-0.3, -0.25) is 4.79 Å². The second-order valence-corrected chi connectivity index (χ2v) is 6.81. The van der Waals surface area contributed by atoms with Crippen molar-refractivity contribution >= 4 is 23.4 Å². The number of hydrogen-bond donors (Lipinski definition) is 1. The Morgan fingerprint density at radius 2 is 1.82 bits per heavy atom. The number of thioether (sulfide) groups is 1. The van der Waals surface area contributed by atoms with Gasteiger partial charge in [0.05, 0.1) is 12.1 Å². The fraction of sp³-hybridized carbons (Fsp3) is 0.235. The van der Waals surface area contributed by atoms with Crippen molar-refractivity contribution in [3.63, 3.8) is 0 Å². The van der Waals surface area contributed by atoms with Gasteiger partial charge in [0.25, 0.3) is 0 Å². The predicted molar refractivity (Wildman–Crippen MR) is 86.1 cm³/mol. The number of benzene rings is 2. The Labute approximate surface area is 132 Å². The molecule has 1 amide bonds. The zero-order valence-electron chi connectivity index (χ0n) is 12.4. The molecule has 0 fully saturated rings. The molecule has 2 rings (SSSR count). The van der Waals surface area contributed by atoms with Crippen LogP contribution in [0.2, 0.25) is 0 Å². The molecule has 2 nitrogen and oxygen atoms in total. The third kappa shape index (κ3) is 4.84. The average Bonchev–Trinajstić information content (AvgIpc) is 2.43. The van der Waals surface area contributed by atoms with Gasteiger partial charge in [0.2, 0.25) is 5.91 Å². The summed E-state index contributed by atoms with van der Waals surface area (Å²) in [4.78, 5) is 13.0. The summed E-state index contributed by atoms with van der Waals surface area (Å²) in [6, 6.07) is 10.8. The van der Waals surface area contributed by atoms with Gasteiger partial charge in [-0.15, -0.1) is 11.8 Å². The fourth-order valence-corrected chi connectivity index (χ4v) is 2.77. The molecule has 0 radical (unpaired) electrons. The summed E-state index contributed by atoms with van der Waals surface area (Å²) in [5, 5.41) is 2.94. The monoisotopic (exact) mass is 321 g/mol. The molecule has 0 aliphatic carbocycles. The third-order valence-corrected chi connectivity index (χ3v) is 3.88. The number of rotatable bonds is 5. The molecular formula is C17H17F2NOS. The van der Waals surface area contributed by atoms with E-state index < -0.39 is 11.6 Å². The van der Waals surface area contributed by atoms with Crippen molar-refractivity contribution in [1.82, 2.24) is 0 Å². The molecule has 22 heavy (non-hydrogen) atoms. The zero-order chi connectivity index (χ0) is 16.1. The summed E-state index contributed by atoms with van der Waals surface area (Å²) in [7, 11) is 0. The van der Waals surface area contributed by atoms with Crippen LogP contribution in [-0.4, -0.2) is 11.2 Å². The lowest BCUT2D eigenvalue weighted by molar-refractivity contribution is -0.115. The number of carbonyl (C=O) groups excluding carboxylic acids is 1.